The predicted octanol–water partition coefficient (Wildman–Crippen LogP) is 16.5. The molecular weight excluding hydrogens is 797 g/mol. The van der Waals surface area contributed by atoms with Crippen LogP contribution in [-0.2, 0) is 4.66 Å². The van der Waals surface area contributed by atoms with Crippen molar-refractivity contribution in [2.24, 2.45) is 0 Å². The summed E-state index contributed by atoms with van der Waals surface area (Å²) in [7, 11) is -4.23. The number of hydrogen-bond donors (Lipinski definition) is 0. The molecule has 9 aromatic carbocycles. The number of nitriles is 1. The van der Waals surface area contributed by atoms with Crippen molar-refractivity contribution in [3.8, 4) is 17.2 Å². The lowest BCUT2D eigenvalue weighted by molar-refractivity contribution is 0.965. The third kappa shape index (κ3) is 6.29. The molecule has 0 amide bonds. The van der Waals surface area contributed by atoms with Gasteiger partial charge in [0.05, 0.1) is 34.4 Å². The molecule has 0 radical (unpaired) electrons. The van der Waals surface area contributed by atoms with Gasteiger partial charge in [-0.3, -0.25) is 0 Å². The van der Waals surface area contributed by atoms with Gasteiger partial charge in [-0.15, -0.1) is 0 Å². The molecule has 0 fully saturated rings. The molecule has 304 valence electrons. The predicted molar refractivity (Wildman–Crippen MR) is 272 cm³/mol. The van der Waals surface area contributed by atoms with Gasteiger partial charge in [-0.05, 0) is 146 Å². The SMILES string of the molecule is [C-]#[N+]c1ccc(N(c2ccccc2)c2ccc3c4c(c5ccccc5c3c2)-c2cc3ccc(N(c5ccccc5)c5ccc(C#N)cc5)cc3cc2C4([Si](C)(C)C)[Si](C)(C)C)cc1. The van der Waals surface area contributed by atoms with Crippen molar-refractivity contribution in [3.63, 3.8) is 0 Å². The van der Waals surface area contributed by atoms with E-state index in [-0.39, 0.29) is 4.66 Å². The second kappa shape index (κ2) is 15.0. The van der Waals surface area contributed by atoms with Gasteiger partial charge in [0.2, 0.25) is 0 Å². The van der Waals surface area contributed by atoms with Crippen LogP contribution in [0.2, 0.25) is 39.3 Å². The third-order valence-corrected chi connectivity index (χ3v) is 23.3. The molecule has 0 bridgehead atoms. The maximum Gasteiger partial charge on any atom is 0.187 e. The first-order chi connectivity index (χ1) is 30.4. The zero-order chi connectivity index (χ0) is 43.7. The zero-order valence-electron chi connectivity index (χ0n) is 36.6. The minimum absolute atomic E-state index is 0.125. The summed E-state index contributed by atoms with van der Waals surface area (Å²) in [5, 5.41) is 17.2. The molecule has 0 N–H and O–H groups in total. The van der Waals surface area contributed by atoms with E-state index in [1.807, 2.05) is 36.4 Å². The summed E-state index contributed by atoms with van der Waals surface area (Å²) in [6.45, 7) is 23.2. The number of rotatable bonds is 8. The van der Waals surface area contributed by atoms with Gasteiger partial charge in [0, 0.05) is 38.8 Å². The van der Waals surface area contributed by atoms with Crippen LogP contribution in [-0.4, -0.2) is 16.1 Å². The van der Waals surface area contributed by atoms with Crippen molar-refractivity contribution in [1.29, 1.82) is 5.26 Å². The minimum atomic E-state index is -2.11. The van der Waals surface area contributed by atoms with Crippen LogP contribution in [0, 0.1) is 17.9 Å². The van der Waals surface area contributed by atoms with E-state index < -0.39 is 16.1 Å². The molecule has 0 atom stereocenters. The highest BCUT2D eigenvalue weighted by Gasteiger charge is 2.60. The van der Waals surface area contributed by atoms with E-state index in [2.05, 4.69) is 206 Å². The van der Waals surface area contributed by atoms with Crippen molar-refractivity contribution < 1.29 is 0 Å². The number of anilines is 6. The van der Waals surface area contributed by atoms with Crippen molar-refractivity contribution >= 4 is 88.3 Å². The van der Waals surface area contributed by atoms with Gasteiger partial charge in [-0.25, -0.2) is 4.85 Å². The molecule has 6 heteroatoms. The molecular formula is C57H48N4Si2. The molecule has 0 saturated carbocycles. The largest absolute Gasteiger partial charge is 0.311 e. The van der Waals surface area contributed by atoms with Crippen LogP contribution in [0.4, 0.5) is 39.8 Å². The first kappa shape index (κ1) is 39.9. The number of fused-ring (bicyclic) bond motifs is 9. The van der Waals surface area contributed by atoms with Gasteiger partial charge in [0.15, 0.2) is 5.69 Å². The standard InChI is InChI=1S/C57H48N4Si2/c1-59-42-25-30-46(31-26-42)61(44-18-12-9-13-19-44)48-32-33-51-52(37-48)49-20-14-15-21-50(49)55-53-35-40-24-29-47(60(43-16-10-8-11-17-43)45-27-22-39(38-58)23-28-45)34-41(40)36-54(53)57(56(51)55,62(2,3)4)63(5,6)7/h8-37H,2-7H3. The Morgan fingerprint density at radius 1 is 0.476 bits per heavy atom. The van der Waals surface area contributed by atoms with Crippen molar-refractivity contribution in [2.45, 2.75) is 43.9 Å². The molecule has 9 aromatic rings. The molecule has 0 saturated heterocycles. The third-order valence-electron chi connectivity index (χ3n) is 13.3. The number of nitrogens with zero attached hydrogens (tertiary/aromatic N) is 4. The molecule has 4 nitrogen and oxygen atoms in total. The summed E-state index contributed by atoms with van der Waals surface area (Å²) < 4.78 is -0.125. The molecule has 0 unspecified atom stereocenters. The molecule has 1 aliphatic rings. The summed E-state index contributed by atoms with van der Waals surface area (Å²) in [6, 6.07) is 67.4. The van der Waals surface area contributed by atoms with E-state index in [1.165, 1.54) is 54.6 Å². The fourth-order valence-electron chi connectivity index (χ4n) is 11.2. The van der Waals surface area contributed by atoms with E-state index in [1.54, 1.807) is 0 Å². The average molecular weight is 845 g/mol. The Balaban J connectivity index is 1.24. The van der Waals surface area contributed by atoms with Crippen LogP contribution >= 0.6 is 0 Å². The molecule has 0 aromatic heterocycles. The quantitative estimate of drug-likeness (QED) is 0.0868. The van der Waals surface area contributed by atoms with Crippen LogP contribution in [0.25, 0.3) is 48.3 Å². The van der Waals surface area contributed by atoms with Crippen molar-refractivity contribution in [3.05, 3.63) is 210 Å². The number of hydrogen-bond acceptors (Lipinski definition) is 3. The molecule has 0 spiro atoms. The summed E-state index contributed by atoms with van der Waals surface area (Å²) in [5.41, 5.74) is 13.4. The molecule has 63 heavy (non-hydrogen) atoms. The highest BCUT2D eigenvalue weighted by Crippen LogP contribution is 2.62. The maximum atomic E-state index is 9.60. The van der Waals surface area contributed by atoms with Crippen LogP contribution in [0.1, 0.15) is 16.7 Å². The maximum absolute atomic E-state index is 9.60. The van der Waals surface area contributed by atoms with Gasteiger partial charge in [0.25, 0.3) is 0 Å². The van der Waals surface area contributed by atoms with Crippen molar-refractivity contribution in [1.82, 2.24) is 0 Å². The zero-order valence-corrected chi connectivity index (χ0v) is 38.6. The van der Waals surface area contributed by atoms with Gasteiger partial charge in [0.1, 0.15) is 0 Å². The Labute approximate surface area is 372 Å². The second-order valence-corrected chi connectivity index (χ2v) is 29.8. The fraction of sp³-hybridized carbons (Fsp3) is 0.123. The molecule has 1 aliphatic carbocycles. The van der Waals surface area contributed by atoms with Gasteiger partial charge in [-0.2, -0.15) is 5.26 Å². The van der Waals surface area contributed by atoms with Gasteiger partial charge < -0.3 is 9.80 Å². The fourth-order valence-corrected chi connectivity index (χ4v) is 24.2. The first-order valence-electron chi connectivity index (χ1n) is 21.7. The van der Waals surface area contributed by atoms with Gasteiger partial charge in [-0.1, -0.05) is 130 Å². The first-order valence-corrected chi connectivity index (χ1v) is 28.7. The monoisotopic (exact) mass is 844 g/mol. The van der Waals surface area contributed by atoms with Crippen LogP contribution in [0.5, 0.6) is 0 Å². The second-order valence-electron chi connectivity index (χ2n) is 18.8. The minimum Gasteiger partial charge on any atom is -0.311 e. The Hall–Kier alpha value is -7.23. The Morgan fingerprint density at radius 2 is 0.984 bits per heavy atom. The highest BCUT2D eigenvalue weighted by molar-refractivity contribution is 7.00. The number of benzene rings is 9. The number of para-hydroxylation sites is 2. The summed E-state index contributed by atoms with van der Waals surface area (Å²) >= 11 is 0. The Bertz CT molecular complexity index is 3300. The van der Waals surface area contributed by atoms with E-state index in [0.29, 0.717) is 11.3 Å². The topological polar surface area (TPSA) is 34.6 Å². The van der Waals surface area contributed by atoms with Crippen molar-refractivity contribution in [2.75, 3.05) is 9.80 Å². The molecule has 0 heterocycles. The van der Waals surface area contributed by atoms with Crippen LogP contribution in [0.15, 0.2) is 182 Å². The Kier molecular flexibility index (Phi) is 9.49. The molecule has 0 aliphatic heterocycles. The van der Waals surface area contributed by atoms with E-state index >= 15 is 0 Å². The normalized spacial score (nSPS) is 13.0. The summed E-state index contributed by atoms with van der Waals surface area (Å²) in [5.74, 6) is 0. The lowest BCUT2D eigenvalue weighted by Gasteiger charge is -2.51. The molecule has 10 rings (SSSR count). The summed E-state index contributed by atoms with van der Waals surface area (Å²) in [4.78, 5) is 8.29. The van der Waals surface area contributed by atoms with E-state index in [4.69, 9.17) is 6.57 Å². The lowest BCUT2D eigenvalue weighted by atomic mass is 9.90. The summed E-state index contributed by atoms with van der Waals surface area (Å²) in [6.07, 6.45) is 0. The van der Waals surface area contributed by atoms with Crippen LogP contribution in [0.3, 0.4) is 0 Å². The van der Waals surface area contributed by atoms with Crippen LogP contribution < -0.4 is 9.80 Å². The lowest BCUT2D eigenvalue weighted by Crippen LogP contribution is -2.63. The smallest absolute Gasteiger partial charge is 0.187 e. The van der Waals surface area contributed by atoms with E-state index in [0.717, 1.165) is 34.1 Å². The average Bonchev–Trinajstić information content (AvgIpc) is 3.62. The van der Waals surface area contributed by atoms with Gasteiger partial charge >= 0.3 is 0 Å². The highest BCUT2D eigenvalue weighted by atomic mass is 28.4. The van der Waals surface area contributed by atoms with E-state index in [9.17, 15) is 5.26 Å². The Morgan fingerprint density at radius 3 is 1.56 bits per heavy atom.